The van der Waals surface area contributed by atoms with Gasteiger partial charge in [0.1, 0.15) is 11.5 Å². The highest BCUT2D eigenvalue weighted by molar-refractivity contribution is 5.62. The SMILES string of the molecule is CNCCC1CCN(c2cc(OC)ccc2OC)C1. The van der Waals surface area contributed by atoms with Crippen molar-refractivity contribution >= 4 is 5.69 Å². The molecule has 4 heteroatoms. The third kappa shape index (κ3) is 3.32. The maximum absolute atomic E-state index is 5.46. The third-order valence-corrected chi connectivity index (χ3v) is 3.82. The molecule has 1 unspecified atom stereocenters. The van der Waals surface area contributed by atoms with E-state index in [2.05, 4.69) is 16.3 Å². The van der Waals surface area contributed by atoms with Crippen LogP contribution in [0.3, 0.4) is 0 Å². The fourth-order valence-electron chi connectivity index (χ4n) is 2.68. The van der Waals surface area contributed by atoms with E-state index < -0.39 is 0 Å². The zero-order chi connectivity index (χ0) is 13.7. The average Bonchev–Trinajstić information content (AvgIpc) is 2.93. The van der Waals surface area contributed by atoms with Gasteiger partial charge in [-0.3, -0.25) is 0 Å². The molecular weight excluding hydrogens is 240 g/mol. The van der Waals surface area contributed by atoms with Crippen molar-refractivity contribution in [2.24, 2.45) is 5.92 Å². The maximum Gasteiger partial charge on any atom is 0.142 e. The molecule has 0 radical (unpaired) electrons. The van der Waals surface area contributed by atoms with E-state index in [9.17, 15) is 0 Å². The van der Waals surface area contributed by atoms with Gasteiger partial charge >= 0.3 is 0 Å². The molecule has 1 aromatic carbocycles. The van der Waals surface area contributed by atoms with Crippen molar-refractivity contribution < 1.29 is 9.47 Å². The van der Waals surface area contributed by atoms with Crippen LogP contribution < -0.4 is 19.7 Å². The Morgan fingerprint density at radius 3 is 2.84 bits per heavy atom. The van der Waals surface area contributed by atoms with E-state index in [1.54, 1.807) is 14.2 Å². The van der Waals surface area contributed by atoms with Crippen molar-refractivity contribution in [3.8, 4) is 11.5 Å². The van der Waals surface area contributed by atoms with Crippen molar-refractivity contribution in [1.29, 1.82) is 0 Å². The standard InChI is InChI=1S/C15H24N2O2/c1-16-8-6-12-7-9-17(11-12)14-10-13(18-2)4-5-15(14)19-3/h4-5,10,12,16H,6-9,11H2,1-3H3. The number of hydrogen-bond donors (Lipinski definition) is 1. The van der Waals surface area contributed by atoms with Crippen molar-refractivity contribution in [3.63, 3.8) is 0 Å². The van der Waals surface area contributed by atoms with Gasteiger partial charge < -0.3 is 19.7 Å². The Morgan fingerprint density at radius 1 is 1.32 bits per heavy atom. The molecule has 1 aliphatic rings. The van der Waals surface area contributed by atoms with Crippen LogP contribution in [0.25, 0.3) is 0 Å². The second-order valence-corrected chi connectivity index (χ2v) is 5.03. The van der Waals surface area contributed by atoms with E-state index in [0.717, 1.165) is 42.7 Å². The predicted octanol–water partition coefficient (Wildman–Crippen LogP) is 2.14. The third-order valence-electron chi connectivity index (χ3n) is 3.82. The number of benzene rings is 1. The van der Waals surface area contributed by atoms with Crippen LogP contribution in [-0.2, 0) is 0 Å². The van der Waals surface area contributed by atoms with Crippen LogP contribution in [0.1, 0.15) is 12.8 Å². The Hall–Kier alpha value is -1.42. The Kier molecular flexibility index (Phi) is 4.91. The molecule has 2 rings (SSSR count). The molecule has 1 fully saturated rings. The van der Waals surface area contributed by atoms with Gasteiger partial charge in [0.15, 0.2) is 0 Å². The molecule has 1 saturated heterocycles. The number of nitrogens with zero attached hydrogens (tertiary/aromatic N) is 1. The first-order valence-corrected chi connectivity index (χ1v) is 6.90. The molecule has 4 nitrogen and oxygen atoms in total. The zero-order valence-corrected chi connectivity index (χ0v) is 12.1. The molecule has 106 valence electrons. The minimum absolute atomic E-state index is 0.767. The van der Waals surface area contributed by atoms with E-state index in [-0.39, 0.29) is 0 Å². The smallest absolute Gasteiger partial charge is 0.142 e. The van der Waals surface area contributed by atoms with Crippen molar-refractivity contribution in [2.45, 2.75) is 12.8 Å². The normalized spacial score (nSPS) is 18.7. The summed E-state index contributed by atoms with van der Waals surface area (Å²) in [5.41, 5.74) is 1.15. The Morgan fingerprint density at radius 2 is 2.16 bits per heavy atom. The van der Waals surface area contributed by atoms with Gasteiger partial charge in [-0.2, -0.15) is 0 Å². The largest absolute Gasteiger partial charge is 0.497 e. The van der Waals surface area contributed by atoms with Crippen molar-refractivity contribution in [1.82, 2.24) is 5.32 Å². The van der Waals surface area contributed by atoms with E-state index >= 15 is 0 Å². The van der Waals surface area contributed by atoms with Crippen LogP contribution in [0.5, 0.6) is 11.5 Å². The highest BCUT2D eigenvalue weighted by Gasteiger charge is 2.24. The lowest BCUT2D eigenvalue weighted by atomic mass is 10.1. The topological polar surface area (TPSA) is 33.7 Å². The molecule has 1 atom stereocenters. The van der Waals surface area contributed by atoms with E-state index in [1.807, 2.05) is 19.2 Å². The molecule has 1 N–H and O–H groups in total. The van der Waals surface area contributed by atoms with Gasteiger partial charge in [-0.1, -0.05) is 0 Å². The molecule has 0 aliphatic carbocycles. The predicted molar refractivity (Wildman–Crippen MR) is 78.4 cm³/mol. The summed E-state index contributed by atoms with van der Waals surface area (Å²) in [7, 11) is 5.43. The quantitative estimate of drug-likeness (QED) is 0.853. The molecule has 0 amide bonds. The summed E-state index contributed by atoms with van der Waals surface area (Å²) in [5, 5.41) is 3.23. The molecule has 0 bridgehead atoms. The number of rotatable bonds is 6. The lowest BCUT2D eigenvalue weighted by Gasteiger charge is -2.22. The van der Waals surface area contributed by atoms with Crippen LogP contribution in [0, 0.1) is 5.92 Å². The number of anilines is 1. The van der Waals surface area contributed by atoms with Crippen molar-refractivity contribution in [2.75, 3.05) is 45.8 Å². The molecule has 0 spiro atoms. The summed E-state index contributed by atoms with van der Waals surface area (Å²) in [4.78, 5) is 2.40. The minimum atomic E-state index is 0.767. The lowest BCUT2D eigenvalue weighted by Crippen LogP contribution is -2.21. The number of methoxy groups -OCH3 is 2. The van der Waals surface area contributed by atoms with Gasteiger partial charge in [-0.25, -0.2) is 0 Å². The minimum Gasteiger partial charge on any atom is -0.497 e. The monoisotopic (exact) mass is 264 g/mol. The van der Waals surface area contributed by atoms with Gasteiger partial charge in [0.05, 0.1) is 19.9 Å². The molecule has 0 saturated carbocycles. The fraction of sp³-hybridized carbons (Fsp3) is 0.600. The summed E-state index contributed by atoms with van der Waals surface area (Å²) in [5.74, 6) is 2.58. The first kappa shape index (κ1) is 14.0. The fourth-order valence-corrected chi connectivity index (χ4v) is 2.68. The number of nitrogens with one attached hydrogen (secondary N) is 1. The first-order chi connectivity index (χ1) is 9.28. The van der Waals surface area contributed by atoms with Gasteiger partial charge in [0.2, 0.25) is 0 Å². The van der Waals surface area contributed by atoms with Crippen LogP contribution in [-0.4, -0.2) is 40.9 Å². The lowest BCUT2D eigenvalue weighted by molar-refractivity contribution is 0.403. The first-order valence-electron chi connectivity index (χ1n) is 6.90. The highest BCUT2D eigenvalue weighted by Crippen LogP contribution is 2.35. The molecule has 0 aromatic heterocycles. The van der Waals surface area contributed by atoms with Crippen LogP contribution >= 0.6 is 0 Å². The summed E-state index contributed by atoms with van der Waals surface area (Å²) in [6, 6.07) is 5.99. The molecule has 1 heterocycles. The van der Waals surface area contributed by atoms with Crippen LogP contribution in [0.15, 0.2) is 18.2 Å². The second kappa shape index (κ2) is 6.66. The molecule has 19 heavy (non-hydrogen) atoms. The number of ether oxygens (including phenoxy) is 2. The van der Waals surface area contributed by atoms with Gasteiger partial charge in [0, 0.05) is 19.2 Å². The Labute approximate surface area is 115 Å². The number of hydrogen-bond acceptors (Lipinski definition) is 4. The van der Waals surface area contributed by atoms with Crippen LogP contribution in [0.2, 0.25) is 0 Å². The van der Waals surface area contributed by atoms with Crippen LogP contribution in [0.4, 0.5) is 5.69 Å². The summed E-state index contributed by atoms with van der Waals surface area (Å²) >= 11 is 0. The van der Waals surface area contributed by atoms with Gasteiger partial charge in [-0.15, -0.1) is 0 Å². The molecule has 1 aromatic rings. The highest BCUT2D eigenvalue weighted by atomic mass is 16.5. The summed E-state index contributed by atoms with van der Waals surface area (Å²) < 4.78 is 10.8. The van der Waals surface area contributed by atoms with Crippen molar-refractivity contribution in [3.05, 3.63) is 18.2 Å². The second-order valence-electron chi connectivity index (χ2n) is 5.03. The maximum atomic E-state index is 5.46. The summed E-state index contributed by atoms with van der Waals surface area (Å²) in [6.07, 6.45) is 2.49. The molecule has 1 aliphatic heterocycles. The van der Waals surface area contributed by atoms with E-state index in [4.69, 9.17) is 9.47 Å². The van der Waals surface area contributed by atoms with E-state index in [0.29, 0.717) is 0 Å². The van der Waals surface area contributed by atoms with E-state index in [1.165, 1.54) is 12.8 Å². The zero-order valence-electron chi connectivity index (χ0n) is 12.1. The Bertz CT molecular complexity index is 409. The average molecular weight is 264 g/mol. The Balaban J connectivity index is 2.09. The van der Waals surface area contributed by atoms with Gasteiger partial charge in [0.25, 0.3) is 0 Å². The summed E-state index contributed by atoms with van der Waals surface area (Å²) in [6.45, 7) is 3.29. The van der Waals surface area contributed by atoms with Gasteiger partial charge in [-0.05, 0) is 44.5 Å². The molecular formula is C15H24N2O2.